The lowest BCUT2D eigenvalue weighted by Crippen LogP contribution is -2.42. The van der Waals surface area contributed by atoms with Gasteiger partial charge in [-0.15, -0.1) is 0 Å². The smallest absolute Gasteiger partial charge is 0.306 e. The summed E-state index contributed by atoms with van der Waals surface area (Å²) in [5, 5.41) is 2.67. The monoisotopic (exact) mass is 386 g/mol. The Morgan fingerprint density at radius 2 is 1.93 bits per heavy atom. The van der Waals surface area contributed by atoms with Gasteiger partial charge in [-0.1, -0.05) is 29.8 Å². The molecule has 1 amide bonds. The van der Waals surface area contributed by atoms with Gasteiger partial charge in [0.15, 0.2) is 0 Å². The molecule has 0 atom stereocenters. The lowest BCUT2D eigenvalue weighted by molar-refractivity contribution is -0.146. The second kappa shape index (κ2) is 9.04. The van der Waals surface area contributed by atoms with Crippen molar-refractivity contribution in [1.29, 1.82) is 0 Å². The topological polar surface area (TPSA) is 71.2 Å². The first-order chi connectivity index (χ1) is 13.4. The number of hydrogen-bond acceptors (Lipinski definition) is 3. The molecule has 3 rings (SSSR count). The van der Waals surface area contributed by atoms with Crippen LogP contribution in [0.5, 0.6) is 0 Å². The number of benzene rings is 1. The molecule has 1 aliphatic carbocycles. The molecule has 2 N–H and O–H groups in total. The minimum atomic E-state index is -1.41. The Bertz CT molecular complexity index is 779. The summed E-state index contributed by atoms with van der Waals surface area (Å²) in [6.07, 6.45) is 5.49. The van der Waals surface area contributed by atoms with E-state index in [2.05, 4.69) is 10.3 Å². The van der Waals surface area contributed by atoms with Crippen LogP contribution in [-0.2, 0) is 16.1 Å². The summed E-state index contributed by atoms with van der Waals surface area (Å²) in [6, 6.07) is 9.52. The number of rotatable bonds is 7. The lowest BCUT2D eigenvalue weighted by atomic mass is 9.78. The van der Waals surface area contributed by atoms with E-state index in [9.17, 15) is 14.0 Å². The normalized spacial score (nSPS) is 21.9. The zero-order chi connectivity index (χ0) is 20.0. The van der Waals surface area contributed by atoms with Crippen molar-refractivity contribution in [2.75, 3.05) is 6.54 Å². The average molecular weight is 386 g/mol. The third kappa shape index (κ3) is 5.68. The zero-order valence-corrected chi connectivity index (χ0v) is 16.2. The molecule has 1 saturated carbocycles. The number of H-pyrrole nitrogens is 1. The Hall–Kier alpha value is -2.63. The summed E-state index contributed by atoms with van der Waals surface area (Å²) in [4.78, 5) is 26.8. The highest BCUT2D eigenvalue weighted by Gasteiger charge is 2.36. The van der Waals surface area contributed by atoms with Gasteiger partial charge >= 0.3 is 5.97 Å². The predicted molar refractivity (Wildman–Crippen MR) is 105 cm³/mol. The van der Waals surface area contributed by atoms with Gasteiger partial charge in [0.25, 0.3) is 5.91 Å². The van der Waals surface area contributed by atoms with Gasteiger partial charge in [0.1, 0.15) is 12.3 Å². The maximum Gasteiger partial charge on any atom is 0.306 e. The van der Waals surface area contributed by atoms with Crippen molar-refractivity contribution >= 4 is 11.9 Å². The second-order valence-electron chi connectivity index (χ2n) is 7.73. The number of alkyl halides is 1. The summed E-state index contributed by atoms with van der Waals surface area (Å²) in [7, 11) is 0. The van der Waals surface area contributed by atoms with Gasteiger partial charge < -0.3 is 15.0 Å². The van der Waals surface area contributed by atoms with E-state index in [0.29, 0.717) is 37.7 Å². The average Bonchev–Trinajstić information content (AvgIpc) is 3.23. The molecule has 5 nitrogen and oxygen atoms in total. The van der Waals surface area contributed by atoms with E-state index >= 15 is 0 Å². The van der Waals surface area contributed by atoms with Crippen LogP contribution in [0.1, 0.15) is 53.6 Å². The molecule has 0 radical (unpaired) electrons. The number of halogens is 1. The molecule has 0 saturated heterocycles. The van der Waals surface area contributed by atoms with Gasteiger partial charge in [0.05, 0.1) is 12.1 Å². The highest BCUT2D eigenvalue weighted by Crippen LogP contribution is 2.36. The number of carbonyl (C=O) groups excluding carboxylic acids is 2. The zero-order valence-electron chi connectivity index (χ0n) is 16.2. The van der Waals surface area contributed by atoms with E-state index < -0.39 is 5.67 Å². The van der Waals surface area contributed by atoms with Crippen molar-refractivity contribution in [1.82, 2.24) is 10.3 Å². The van der Waals surface area contributed by atoms with Crippen molar-refractivity contribution in [3.05, 3.63) is 59.4 Å². The molecule has 1 aliphatic rings. The van der Waals surface area contributed by atoms with Crippen LogP contribution in [0.15, 0.2) is 42.7 Å². The minimum absolute atomic E-state index is 0.00159. The highest BCUT2D eigenvalue weighted by molar-refractivity contribution is 5.93. The van der Waals surface area contributed by atoms with Gasteiger partial charge in [-0.25, -0.2) is 4.39 Å². The molecule has 6 heteroatoms. The highest BCUT2D eigenvalue weighted by atomic mass is 19.1. The van der Waals surface area contributed by atoms with Gasteiger partial charge in [0.2, 0.25) is 0 Å². The summed E-state index contributed by atoms with van der Waals surface area (Å²) in [6.45, 7) is 2.28. The summed E-state index contributed by atoms with van der Waals surface area (Å²) in [5.74, 6) is -0.382. The fourth-order valence-corrected chi connectivity index (χ4v) is 3.52. The maximum atomic E-state index is 14.9. The number of ether oxygens (including phenoxy) is 1. The fraction of sp³-hybridized carbons (Fsp3) is 0.455. The van der Waals surface area contributed by atoms with Crippen molar-refractivity contribution in [3.8, 4) is 0 Å². The summed E-state index contributed by atoms with van der Waals surface area (Å²) in [5.41, 5.74) is 1.21. The lowest BCUT2D eigenvalue weighted by Gasteiger charge is -2.33. The number of nitrogens with one attached hydrogen (secondary N) is 2. The summed E-state index contributed by atoms with van der Waals surface area (Å²) < 4.78 is 20.3. The molecule has 1 aromatic heterocycles. The molecule has 150 valence electrons. The second-order valence-corrected chi connectivity index (χ2v) is 7.73. The van der Waals surface area contributed by atoms with E-state index in [4.69, 9.17) is 4.74 Å². The third-order valence-electron chi connectivity index (χ3n) is 5.40. The van der Waals surface area contributed by atoms with Crippen molar-refractivity contribution in [2.45, 2.75) is 51.3 Å². The fourth-order valence-electron chi connectivity index (χ4n) is 3.52. The Kier molecular flexibility index (Phi) is 6.49. The first kappa shape index (κ1) is 20.1. The molecule has 1 fully saturated rings. The predicted octanol–water partition coefficient (Wildman–Crippen LogP) is 4.08. The molecule has 0 unspecified atom stereocenters. The van der Waals surface area contributed by atoms with Crippen LogP contribution in [0.4, 0.5) is 4.39 Å². The van der Waals surface area contributed by atoms with Gasteiger partial charge in [-0.05, 0) is 50.2 Å². The maximum absolute atomic E-state index is 14.9. The number of esters is 1. The molecule has 2 aromatic rings. The molecular formula is C22H27FN2O3. The van der Waals surface area contributed by atoms with E-state index in [-0.39, 0.29) is 30.9 Å². The molecular weight excluding hydrogens is 359 g/mol. The molecule has 1 aromatic carbocycles. The van der Waals surface area contributed by atoms with Crippen LogP contribution >= 0.6 is 0 Å². The number of aromatic nitrogens is 1. The van der Waals surface area contributed by atoms with Crippen molar-refractivity contribution < 1.29 is 18.7 Å². The Balaban J connectivity index is 1.37. The van der Waals surface area contributed by atoms with E-state index in [1.165, 1.54) is 0 Å². The van der Waals surface area contributed by atoms with Gasteiger partial charge in [0, 0.05) is 18.8 Å². The van der Waals surface area contributed by atoms with Crippen LogP contribution in [0.3, 0.4) is 0 Å². The quantitative estimate of drug-likeness (QED) is 0.704. The molecule has 1 heterocycles. The SMILES string of the molecule is Cc1ccc(COC(=O)CC2CCC(F)(CNC(=O)c3cc[nH]c3)CC2)cc1. The third-order valence-corrected chi connectivity index (χ3v) is 5.40. The molecule has 0 spiro atoms. The van der Waals surface area contributed by atoms with Crippen LogP contribution < -0.4 is 5.32 Å². The van der Waals surface area contributed by atoms with Crippen molar-refractivity contribution in [3.63, 3.8) is 0 Å². The standard InChI is InChI=1S/C22H27FN2O3/c1-16-2-4-18(5-3-16)14-28-20(26)12-17-6-9-22(23,10-7-17)15-25-21(27)19-8-11-24-13-19/h2-5,8,11,13,17,24H,6-7,9-10,12,14-15H2,1H3,(H,25,27). The van der Waals surface area contributed by atoms with E-state index in [0.717, 1.165) is 11.1 Å². The van der Waals surface area contributed by atoms with E-state index in [1.54, 1.807) is 18.5 Å². The van der Waals surface area contributed by atoms with Crippen LogP contribution in [0.2, 0.25) is 0 Å². The van der Waals surface area contributed by atoms with Gasteiger partial charge in [-0.2, -0.15) is 0 Å². The molecule has 0 bridgehead atoms. The van der Waals surface area contributed by atoms with Crippen molar-refractivity contribution in [2.24, 2.45) is 5.92 Å². The number of aryl methyl sites for hydroxylation is 1. The van der Waals surface area contributed by atoms with Gasteiger partial charge in [-0.3, -0.25) is 9.59 Å². The Labute approximate surface area is 164 Å². The molecule has 28 heavy (non-hydrogen) atoms. The van der Waals surface area contributed by atoms with Crippen LogP contribution in [0.25, 0.3) is 0 Å². The Morgan fingerprint density at radius 3 is 2.57 bits per heavy atom. The number of amides is 1. The molecule has 0 aliphatic heterocycles. The Morgan fingerprint density at radius 1 is 1.21 bits per heavy atom. The summed E-state index contributed by atoms with van der Waals surface area (Å²) >= 11 is 0. The number of carbonyl (C=O) groups is 2. The van der Waals surface area contributed by atoms with Crippen LogP contribution in [-0.4, -0.2) is 29.1 Å². The first-order valence-corrected chi connectivity index (χ1v) is 9.75. The number of aromatic amines is 1. The number of hydrogen-bond donors (Lipinski definition) is 2. The van der Waals surface area contributed by atoms with E-state index in [1.807, 2.05) is 31.2 Å². The first-order valence-electron chi connectivity index (χ1n) is 9.75. The minimum Gasteiger partial charge on any atom is -0.461 e. The largest absolute Gasteiger partial charge is 0.461 e. The van der Waals surface area contributed by atoms with Crippen LogP contribution in [0, 0.1) is 12.8 Å².